The number of furan rings is 1. The highest BCUT2D eigenvalue weighted by molar-refractivity contribution is 6.29. The molecule has 0 N–H and O–H groups in total. The fraction of sp³-hybridized carbons (Fsp3) is 0. The fourth-order valence-corrected chi connectivity index (χ4v) is 9.48. The van der Waals surface area contributed by atoms with Gasteiger partial charge in [-0.3, -0.25) is 0 Å². The molecule has 0 bridgehead atoms. The van der Waals surface area contributed by atoms with Gasteiger partial charge in [-0.15, -0.1) is 0 Å². The molecule has 0 amide bonds. The first-order chi connectivity index (χ1) is 27.3. The van der Waals surface area contributed by atoms with Gasteiger partial charge in [0.2, 0.25) is 0 Å². The van der Waals surface area contributed by atoms with E-state index in [-0.39, 0.29) is 0 Å². The lowest BCUT2D eigenvalue weighted by Gasteiger charge is -2.20. The lowest BCUT2D eigenvalue weighted by atomic mass is 9.83. The second-order valence-electron chi connectivity index (χ2n) is 14.7. The van der Waals surface area contributed by atoms with Gasteiger partial charge in [0.05, 0.1) is 0 Å². The Bertz CT molecular complexity index is 3490. The van der Waals surface area contributed by atoms with Gasteiger partial charge in [0.15, 0.2) is 0 Å². The summed E-state index contributed by atoms with van der Waals surface area (Å²) in [4.78, 5) is 0. The Balaban J connectivity index is 1.14. The summed E-state index contributed by atoms with van der Waals surface area (Å²) in [7, 11) is 0. The van der Waals surface area contributed by atoms with Gasteiger partial charge < -0.3 is 4.42 Å². The molecule has 12 aromatic rings. The van der Waals surface area contributed by atoms with E-state index in [1.165, 1.54) is 103 Å². The topological polar surface area (TPSA) is 13.1 Å². The fourth-order valence-electron chi connectivity index (χ4n) is 9.48. The van der Waals surface area contributed by atoms with Gasteiger partial charge in [-0.05, 0) is 122 Å². The van der Waals surface area contributed by atoms with Crippen LogP contribution in [0, 0.1) is 0 Å². The van der Waals surface area contributed by atoms with Gasteiger partial charge in [0.1, 0.15) is 11.2 Å². The smallest absolute Gasteiger partial charge is 0.136 e. The third-order valence-corrected chi connectivity index (χ3v) is 11.8. The van der Waals surface area contributed by atoms with Crippen LogP contribution >= 0.6 is 0 Å². The van der Waals surface area contributed by atoms with Crippen LogP contribution in [0.3, 0.4) is 0 Å². The maximum Gasteiger partial charge on any atom is 0.136 e. The van der Waals surface area contributed by atoms with Crippen LogP contribution in [0.15, 0.2) is 199 Å². The Morgan fingerprint density at radius 3 is 1.47 bits per heavy atom. The second kappa shape index (κ2) is 11.6. The minimum Gasteiger partial charge on any atom is -0.456 e. The molecular weight excluding hydrogens is 665 g/mol. The van der Waals surface area contributed by atoms with Gasteiger partial charge in [-0.25, -0.2) is 0 Å². The van der Waals surface area contributed by atoms with Crippen molar-refractivity contribution < 1.29 is 4.42 Å². The van der Waals surface area contributed by atoms with Gasteiger partial charge in [0, 0.05) is 10.8 Å². The molecule has 0 spiro atoms. The summed E-state index contributed by atoms with van der Waals surface area (Å²) in [5, 5.41) is 17.4. The van der Waals surface area contributed by atoms with E-state index in [4.69, 9.17) is 4.42 Å². The molecule has 55 heavy (non-hydrogen) atoms. The van der Waals surface area contributed by atoms with Gasteiger partial charge in [-0.2, -0.15) is 0 Å². The summed E-state index contributed by atoms with van der Waals surface area (Å²) in [6, 6.07) is 71.1. The predicted octanol–water partition coefficient (Wildman–Crippen LogP) is 15.5. The highest BCUT2D eigenvalue weighted by Gasteiger charge is 2.21. The molecule has 1 heterocycles. The number of fused-ring (bicyclic) bond motifs is 12. The Morgan fingerprint density at radius 1 is 0.255 bits per heavy atom. The molecule has 0 aliphatic carbocycles. The molecule has 0 aliphatic rings. The molecular formula is C54H32O. The zero-order valence-corrected chi connectivity index (χ0v) is 29.9. The summed E-state index contributed by atoms with van der Waals surface area (Å²) in [6.07, 6.45) is 0. The van der Waals surface area contributed by atoms with E-state index in [2.05, 4.69) is 194 Å². The Hall–Kier alpha value is -7.22. The normalized spacial score (nSPS) is 12.0. The van der Waals surface area contributed by atoms with Crippen molar-refractivity contribution in [3.63, 3.8) is 0 Å². The van der Waals surface area contributed by atoms with Crippen molar-refractivity contribution in [2.45, 2.75) is 0 Å². The predicted molar refractivity (Wildman–Crippen MR) is 235 cm³/mol. The molecule has 254 valence electrons. The minimum atomic E-state index is 0.908. The molecule has 1 nitrogen and oxygen atoms in total. The average Bonchev–Trinajstić information content (AvgIpc) is 3.65. The molecule has 0 aliphatic heterocycles. The third kappa shape index (κ3) is 4.41. The van der Waals surface area contributed by atoms with E-state index < -0.39 is 0 Å². The SMILES string of the molecule is c1cc(-c2c3ccccc3c(-c3cc4ccc5ccccc5c4c4ccccc34)c3ccccc23)cc(-c2cccc3oc4ccc5ccccc5c4c23)c1. The molecule has 0 unspecified atom stereocenters. The van der Waals surface area contributed by atoms with Crippen molar-refractivity contribution in [3.8, 4) is 33.4 Å². The summed E-state index contributed by atoms with van der Waals surface area (Å²) in [5.74, 6) is 0. The van der Waals surface area contributed by atoms with Crippen molar-refractivity contribution in [1.82, 2.24) is 0 Å². The van der Waals surface area contributed by atoms with Crippen LogP contribution in [0.5, 0.6) is 0 Å². The molecule has 0 saturated heterocycles. The van der Waals surface area contributed by atoms with Gasteiger partial charge >= 0.3 is 0 Å². The molecule has 0 saturated carbocycles. The Labute approximate surface area is 317 Å². The monoisotopic (exact) mass is 696 g/mol. The van der Waals surface area contributed by atoms with E-state index >= 15 is 0 Å². The van der Waals surface area contributed by atoms with E-state index in [1.807, 2.05) is 0 Å². The number of hydrogen-bond acceptors (Lipinski definition) is 1. The lowest BCUT2D eigenvalue weighted by Crippen LogP contribution is -1.93. The maximum absolute atomic E-state index is 6.49. The van der Waals surface area contributed by atoms with Crippen LogP contribution in [0.4, 0.5) is 0 Å². The van der Waals surface area contributed by atoms with Crippen molar-refractivity contribution in [2.75, 3.05) is 0 Å². The van der Waals surface area contributed by atoms with Crippen molar-refractivity contribution >= 4 is 86.6 Å². The maximum atomic E-state index is 6.49. The molecule has 12 rings (SSSR count). The number of rotatable bonds is 3. The number of hydrogen-bond donors (Lipinski definition) is 0. The third-order valence-electron chi connectivity index (χ3n) is 11.8. The van der Waals surface area contributed by atoms with Crippen molar-refractivity contribution in [2.24, 2.45) is 0 Å². The van der Waals surface area contributed by atoms with Crippen LogP contribution in [0.1, 0.15) is 0 Å². The lowest BCUT2D eigenvalue weighted by molar-refractivity contribution is 0.669. The summed E-state index contributed by atoms with van der Waals surface area (Å²) in [6.45, 7) is 0. The molecule has 11 aromatic carbocycles. The quantitative estimate of drug-likeness (QED) is 0.132. The molecule has 0 radical (unpaired) electrons. The zero-order valence-electron chi connectivity index (χ0n) is 29.9. The first-order valence-corrected chi connectivity index (χ1v) is 19.0. The zero-order chi connectivity index (χ0) is 36.0. The van der Waals surface area contributed by atoms with Crippen LogP contribution in [0.2, 0.25) is 0 Å². The van der Waals surface area contributed by atoms with Crippen molar-refractivity contribution in [1.29, 1.82) is 0 Å². The summed E-state index contributed by atoms with van der Waals surface area (Å²) < 4.78 is 6.49. The highest BCUT2D eigenvalue weighted by Crippen LogP contribution is 2.48. The Kier molecular flexibility index (Phi) is 6.40. The van der Waals surface area contributed by atoms with Crippen LogP contribution in [-0.4, -0.2) is 0 Å². The van der Waals surface area contributed by atoms with Crippen LogP contribution in [0.25, 0.3) is 120 Å². The van der Waals surface area contributed by atoms with Gasteiger partial charge in [-0.1, -0.05) is 170 Å². The van der Waals surface area contributed by atoms with E-state index in [0.29, 0.717) is 0 Å². The van der Waals surface area contributed by atoms with Crippen molar-refractivity contribution in [3.05, 3.63) is 194 Å². The average molecular weight is 697 g/mol. The summed E-state index contributed by atoms with van der Waals surface area (Å²) in [5.41, 5.74) is 9.15. The van der Waals surface area contributed by atoms with Crippen LogP contribution < -0.4 is 0 Å². The van der Waals surface area contributed by atoms with Crippen LogP contribution in [-0.2, 0) is 0 Å². The molecule has 1 aromatic heterocycles. The largest absolute Gasteiger partial charge is 0.456 e. The Morgan fingerprint density at radius 2 is 0.764 bits per heavy atom. The molecule has 1 heteroatoms. The molecule has 0 atom stereocenters. The first kappa shape index (κ1) is 30.3. The first-order valence-electron chi connectivity index (χ1n) is 19.0. The summed E-state index contributed by atoms with van der Waals surface area (Å²) >= 11 is 0. The number of benzene rings is 11. The van der Waals surface area contributed by atoms with E-state index in [0.717, 1.165) is 16.6 Å². The second-order valence-corrected chi connectivity index (χ2v) is 14.7. The highest BCUT2D eigenvalue weighted by atomic mass is 16.3. The van der Waals surface area contributed by atoms with E-state index in [9.17, 15) is 0 Å². The molecule has 0 fully saturated rings. The standard InChI is InChI=1S/C54H32O/c1-3-17-38-33(13-1)27-28-37-32-47(41-19-5-6-20-42(41)50(37)38)52-45-23-9-7-21-43(45)51(44-22-8-10-24-46(44)52)36-16-11-15-35(31-36)40-25-12-26-48-54(40)53-39-18-4-2-14-34(39)29-30-49(53)55-48/h1-32H. The van der Waals surface area contributed by atoms with Gasteiger partial charge in [0.25, 0.3) is 0 Å². The minimum absolute atomic E-state index is 0.908. The van der Waals surface area contributed by atoms with E-state index in [1.54, 1.807) is 0 Å².